The van der Waals surface area contributed by atoms with Gasteiger partial charge in [0.15, 0.2) is 0 Å². The third kappa shape index (κ3) is 4.01. The van der Waals surface area contributed by atoms with Crippen LogP contribution in [0.4, 0.5) is 0 Å². The second-order valence-corrected chi connectivity index (χ2v) is 8.45. The van der Waals surface area contributed by atoms with Crippen LogP contribution < -0.4 is 5.69 Å². The molecule has 1 aliphatic rings. The molecule has 142 valence electrons. The molecular weight excluding hydrogens is 328 g/mol. The van der Waals surface area contributed by atoms with Crippen LogP contribution in [0.2, 0.25) is 0 Å². The molecule has 0 atom stereocenters. The SMILES string of the molecule is Cn1c(=O)n(CC(=O)N2CCN(CCC(C)(C)C)CC2)c2ccccc21. The highest BCUT2D eigenvalue weighted by Gasteiger charge is 2.23. The number of carbonyl (C=O) groups excluding carboxylic acids is 1. The molecule has 2 heterocycles. The first-order valence-corrected chi connectivity index (χ1v) is 9.41. The van der Waals surface area contributed by atoms with Crippen molar-refractivity contribution in [3.8, 4) is 0 Å². The number of benzene rings is 1. The van der Waals surface area contributed by atoms with Crippen molar-refractivity contribution in [1.29, 1.82) is 0 Å². The van der Waals surface area contributed by atoms with E-state index in [0.29, 0.717) is 5.41 Å². The molecule has 1 saturated heterocycles. The monoisotopic (exact) mass is 358 g/mol. The highest BCUT2D eigenvalue weighted by atomic mass is 16.2. The van der Waals surface area contributed by atoms with E-state index in [1.807, 2.05) is 29.2 Å². The quantitative estimate of drug-likeness (QED) is 0.839. The van der Waals surface area contributed by atoms with Crippen LogP contribution in [0.3, 0.4) is 0 Å². The number of aromatic nitrogens is 2. The van der Waals surface area contributed by atoms with Gasteiger partial charge in [0, 0.05) is 33.2 Å². The predicted octanol–water partition coefficient (Wildman–Crippen LogP) is 1.92. The highest BCUT2D eigenvalue weighted by molar-refractivity contribution is 5.81. The summed E-state index contributed by atoms with van der Waals surface area (Å²) in [6, 6.07) is 7.61. The number of rotatable bonds is 4. The van der Waals surface area contributed by atoms with Gasteiger partial charge in [-0.3, -0.25) is 18.8 Å². The number of amides is 1. The number of hydrogen-bond acceptors (Lipinski definition) is 3. The van der Waals surface area contributed by atoms with Gasteiger partial charge >= 0.3 is 5.69 Å². The van der Waals surface area contributed by atoms with Crippen molar-refractivity contribution in [2.45, 2.75) is 33.7 Å². The fourth-order valence-corrected chi connectivity index (χ4v) is 3.47. The standard InChI is InChI=1S/C20H30N4O2/c1-20(2,3)9-10-22-11-13-23(14-12-22)18(25)15-24-17-8-6-5-7-16(17)21(4)19(24)26/h5-8H,9-15H2,1-4H3. The highest BCUT2D eigenvalue weighted by Crippen LogP contribution is 2.19. The second-order valence-electron chi connectivity index (χ2n) is 8.45. The zero-order chi connectivity index (χ0) is 18.9. The van der Waals surface area contributed by atoms with Gasteiger partial charge in [-0.05, 0) is 30.5 Å². The average molecular weight is 358 g/mol. The molecule has 0 bridgehead atoms. The maximum absolute atomic E-state index is 12.7. The summed E-state index contributed by atoms with van der Waals surface area (Å²) in [6.07, 6.45) is 1.16. The van der Waals surface area contributed by atoms with Crippen LogP contribution in [-0.4, -0.2) is 57.6 Å². The van der Waals surface area contributed by atoms with Crippen LogP contribution in [-0.2, 0) is 18.4 Å². The number of aryl methyl sites for hydroxylation is 1. The zero-order valence-corrected chi connectivity index (χ0v) is 16.4. The molecule has 1 aliphatic heterocycles. The minimum atomic E-state index is -0.136. The predicted molar refractivity (Wildman–Crippen MR) is 104 cm³/mol. The van der Waals surface area contributed by atoms with E-state index in [1.165, 1.54) is 0 Å². The van der Waals surface area contributed by atoms with Gasteiger partial charge in [0.05, 0.1) is 11.0 Å². The molecule has 6 heteroatoms. The van der Waals surface area contributed by atoms with Crippen LogP contribution in [0.15, 0.2) is 29.1 Å². The molecule has 0 N–H and O–H groups in total. The maximum atomic E-state index is 12.7. The normalized spacial score (nSPS) is 16.4. The lowest BCUT2D eigenvalue weighted by molar-refractivity contribution is -0.133. The Balaban J connectivity index is 1.62. The summed E-state index contributed by atoms with van der Waals surface area (Å²) in [5.41, 5.74) is 1.88. The van der Waals surface area contributed by atoms with Crippen molar-refractivity contribution in [1.82, 2.24) is 18.9 Å². The maximum Gasteiger partial charge on any atom is 0.329 e. The molecule has 1 aromatic heterocycles. The topological polar surface area (TPSA) is 50.5 Å². The summed E-state index contributed by atoms with van der Waals surface area (Å²) in [5.74, 6) is 0.0268. The minimum Gasteiger partial charge on any atom is -0.339 e. The number of para-hydroxylation sites is 2. The molecule has 0 unspecified atom stereocenters. The van der Waals surface area contributed by atoms with E-state index in [9.17, 15) is 9.59 Å². The molecule has 1 amide bonds. The van der Waals surface area contributed by atoms with Crippen molar-refractivity contribution in [2.24, 2.45) is 12.5 Å². The fourth-order valence-electron chi connectivity index (χ4n) is 3.47. The van der Waals surface area contributed by atoms with Crippen LogP contribution in [0.25, 0.3) is 11.0 Å². The third-order valence-electron chi connectivity index (χ3n) is 5.25. The first kappa shape index (κ1) is 18.7. The van der Waals surface area contributed by atoms with Crippen LogP contribution in [0.1, 0.15) is 27.2 Å². The van der Waals surface area contributed by atoms with Crippen LogP contribution in [0.5, 0.6) is 0 Å². The van der Waals surface area contributed by atoms with E-state index in [0.717, 1.165) is 50.2 Å². The summed E-state index contributed by atoms with van der Waals surface area (Å²) in [5, 5.41) is 0. The van der Waals surface area contributed by atoms with E-state index < -0.39 is 0 Å². The van der Waals surface area contributed by atoms with Gasteiger partial charge in [0.1, 0.15) is 6.54 Å². The van der Waals surface area contributed by atoms with Gasteiger partial charge in [0.25, 0.3) is 0 Å². The van der Waals surface area contributed by atoms with Gasteiger partial charge in [-0.1, -0.05) is 32.9 Å². The molecule has 26 heavy (non-hydrogen) atoms. The largest absolute Gasteiger partial charge is 0.339 e. The van der Waals surface area contributed by atoms with Gasteiger partial charge in [-0.2, -0.15) is 0 Å². The first-order chi connectivity index (χ1) is 12.3. The lowest BCUT2D eigenvalue weighted by atomic mass is 9.92. The van der Waals surface area contributed by atoms with E-state index in [4.69, 9.17) is 0 Å². The summed E-state index contributed by atoms with van der Waals surface area (Å²) in [6.45, 7) is 11.3. The van der Waals surface area contributed by atoms with E-state index >= 15 is 0 Å². The first-order valence-electron chi connectivity index (χ1n) is 9.41. The Bertz CT molecular complexity index is 836. The molecule has 0 radical (unpaired) electrons. The van der Waals surface area contributed by atoms with Crippen molar-refractivity contribution < 1.29 is 4.79 Å². The Labute approximate surface area is 155 Å². The molecule has 1 aromatic carbocycles. The van der Waals surface area contributed by atoms with Crippen LogP contribution >= 0.6 is 0 Å². The number of fused-ring (bicyclic) bond motifs is 1. The number of piperazine rings is 1. The van der Waals surface area contributed by atoms with Gasteiger partial charge in [-0.15, -0.1) is 0 Å². The third-order valence-corrected chi connectivity index (χ3v) is 5.25. The molecule has 2 aromatic rings. The zero-order valence-electron chi connectivity index (χ0n) is 16.4. The molecule has 0 saturated carbocycles. The van der Waals surface area contributed by atoms with Gasteiger partial charge in [-0.25, -0.2) is 4.79 Å². The Morgan fingerprint density at radius 1 is 1.04 bits per heavy atom. The molecule has 0 aliphatic carbocycles. The minimum absolute atomic E-state index is 0.0268. The summed E-state index contributed by atoms with van der Waals surface area (Å²) in [7, 11) is 1.75. The van der Waals surface area contributed by atoms with E-state index in [2.05, 4.69) is 25.7 Å². The molecule has 0 spiro atoms. The number of imidazole rings is 1. The lowest BCUT2D eigenvalue weighted by Crippen LogP contribution is -2.50. The van der Waals surface area contributed by atoms with Crippen molar-refractivity contribution in [3.05, 3.63) is 34.7 Å². The van der Waals surface area contributed by atoms with Crippen molar-refractivity contribution in [3.63, 3.8) is 0 Å². The lowest BCUT2D eigenvalue weighted by Gasteiger charge is -2.36. The molecule has 6 nitrogen and oxygen atoms in total. The average Bonchev–Trinajstić information content (AvgIpc) is 2.85. The summed E-state index contributed by atoms with van der Waals surface area (Å²) < 4.78 is 3.19. The van der Waals surface area contributed by atoms with E-state index in [-0.39, 0.29) is 18.1 Å². The van der Waals surface area contributed by atoms with E-state index in [1.54, 1.807) is 16.2 Å². The Morgan fingerprint density at radius 2 is 1.65 bits per heavy atom. The molecule has 3 rings (SSSR count). The summed E-state index contributed by atoms with van der Waals surface area (Å²) in [4.78, 5) is 29.5. The number of carbonyl (C=O) groups is 1. The smallest absolute Gasteiger partial charge is 0.329 e. The van der Waals surface area contributed by atoms with Gasteiger partial charge in [0.2, 0.25) is 5.91 Å². The number of hydrogen-bond donors (Lipinski definition) is 0. The Hall–Kier alpha value is -2.08. The summed E-state index contributed by atoms with van der Waals surface area (Å²) >= 11 is 0. The second kappa shape index (κ2) is 7.27. The van der Waals surface area contributed by atoms with Crippen molar-refractivity contribution >= 4 is 16.9 Å². The molecular formula is C20H30N4O2. The van der Waals surface area contributed by atoms with Crippen LogP contribution in [0, 0.1) is 5.41 Å². The Morgan fingerprint density at radius 3 is 2.27 bits per heavy atom. The number of nitrogens with zero attached hydrogens (tertiary/aromatic N) is 4. The molecule has 1 fully saturated rings. The van der Waals surface area contributed by atoms with Gasteiger partial charge < -0.3 is 4.90 Å². The Kier molecular flexibility index (Phi) is 5.23. The fraction of sp³-hybridized carbons (Fsp3) is 0.600. The van der Waals surface area contributed by atoms with Crippen molar-refractivity contribution in [2.75, 3.05) is 32.7 Å².